The number of amides is 3. The van der Waals surface area contributed by atoms with Gasteiger partial charge in [0.1, 0.15) is 0 Å². The number of carbonyl (C=O) groups excluding carboxylic acids is 2. The largest absolute Gasteiger partial charge is 0.328 e. The normalized spacial score (nSPS) is 16.2. The van der Waals surface area contributed by atoms with Crippen LogP contribution in [0.5, 0.6) is 0 Å². The summed E-state index contributed by atoms with van der Waals surface area (Å²) in [6, 6.07) is 4.55. The number of halogens is 2. The Morgan fingerprint density at radius 2 is 2.00 bits per heavy atom. The van der Waals surface area contributed by atoms with Crippen LogP contribution < -0.4 is 10.2 Å². The third-order valence-electron chi connectivity index (χ3n) is 2.28. The number of nitrogens with zero attached hydrogens (tertiary/aromatic N) is 1. The molecular formula is C10H8Cl2N2O2. The van der Waals surface area contributed by atoms with E-state index in [4.69, 9.17) is 23.2 Å². The standard InChI is InChI=1S/C10H8Cl2N2O2/c11-6-2-1-3-7(9(6)12)14-5-4-8(15)13-10(14)16/h1-3H,4-5H2,(H,13,15,16). The van der Waals surface area contributed by atoms with Crippen molar-refractivity contribution in [3.05, 3.63) is 28.2 Å². The van der Waals surface area contributed by atoms with Crippen molar-refractivity contribution in [1.29, 1.82) is 0 Å². The van der Waals surface area contributed by atoms with Gasteiger partial charge in [-0.3, -0.25) is 15.0 Å². The third kappa shape index (κ3) is 1.99. The van der Waals surface area contributed by atoms with Crippen molar-refractivity contribution in [2.45, 2.75) is 6.42 Å². The maximum absolute atomic E-state index is 11.6. The summed E-state index contributed by atoms with van der Waals surface area (Å²) in [5.74, 6) is -0.278. The van der Waals surface area contributed by atoms with Crippen molar-refractivity contribution >= 4 is 40.8 Å². The van der Waals surface area contributed by atoms with Gasteiger partial charge in [-0.1, -0.05) is 29.3 Å². The first kappa shape index (κ1) is 11.2. The average molecular weight is 259 g/mol. The number of hydrogen-bond acceptors (Lipinski definition) is 2. The van der Waals surface area contributed by atoms with Gasteiger partial charge in [-0.25, -0.2) is 4.79 Å². The maximum atomic E-state index is 11.6. The summed E-state index contributed by atoms with van der Waals surface area (Å²) in [4.78, 5) is 23.9. The fourth-order valence-electron chi connectivity index (χ4n) is 1.49. The van der Waals surface area contributed by atoms with Crippen LogP contribution in [-0.4, -0.2) is 18.5 Å². The van der Waals surface area contributed by atoms with Gasteiger partial charge in [0.05, 0.1) is 15.7 Å². The van der Waals surface area contributed by atoms with E-state index >= 15 is 0 Å². The first-order valence-electron chi connectivity index (χ1n) is 4.65. The third-order valence-corrected chi connectivity index (χ3v) is 3.08. The molecule has 1 aromatic rings. The second-order valence-corrected chi connectivity index (χ2v) is 4.11. The molecule has 0 saturated carbocycles. The number of urea groups is 1. The molecule has 1 aromatic carbocycles. The molecule has 1 fully saturated rings. The van der Waals surface area contributed by atoms with Gasteiger partial charge < -0.3 is 0 Å². The molecule has 1 N–H and O–H groups in total. The zero-order valence-electron chi connectivity index (χ0n) is 8.17. The highest BCUT2D eigenvalue weighted by molar-refractivity contribution is 6.44. The highest BCUT2D eigenvalue weighted by Gasteiger charge is 2.26. The van der Waals surface area contributed by atoms with Crippen LogP contribution in [0.3, 0.4) is 0 Å². The summed E-state index contributed by atoms with van der Waals surface area (Å²) in [5.41, 5.74) is 0.513. The van der Waals surface area contributed by atoms with Crippen LogP contribution in [0.1, 0.15) is 6.42 Å². The van der Waals surface area contributed by atoms with E-state index in [0.717, 1.165) is 0 Å². The molecule has 0 radical (unpaired) electrons. The summed E-state index contributed by atoms with van der Waals surface area (Å²) in [6.07, 6.45) is 0.259. The first-order chi connectivity index (χ1) is 7.59. The molecule has 3 amide bonds. The van der Waals surface area contributed by atoms with E-state index in [9.17, 15) is 9.59 Å². The Hall–Kier alpha value is -1.26. The van der Waals surface area contributed by atoms with Gasteiger partial charge in [0, 0.05) is 13.0 Å². The molecule has 0 bridgehead atoms. The minimum absolute atomic E-state index is 0.259. The Balaban J connectivity index is 2.34. The molecule has 2 rings (SSSR count). The molecular weight excluding hydrogens is 251 g/mol. The number of imide groups is 1. The molecule has 1 saturated heterocycles. The van der Waals surface area contributed by atoms with E-state index < -0.39 is 6.03 Å². The van der Waals surface area contributed by atoms with Gasteiger partial charge in [0.25, 0.3) is 0 Å². The topological polar surface area (TPSA) is 49.4 Å². The molecule has 1 heterocycles. The number of carbonyl (C=O) groups is 2. The second-order valence-electron chi connectivity index (χ2n) is 3.33. The average Bonchev–Trinajstić information content (AvgIpc) is 2.23. The van der Waals surface area contributed by atoms with Crippen molar-refractivity contribution in [1.82, 2.24) is 5.32 Å². The Labute approximate surface area is 102 Å². The minimum atomic E-state index is -0.472. The highest BCUT2D eigenvalue weighted by atomic mass is 35.5. The van der Waals surface area contributed by atoms with E-state index in [0.29, 0.717) is 22.3 Å². The monoisotopic (exact) mass is 258 g/mol. The lowest BCUT2D eigenvalue weighted by molar-refractivity contribution is -0.120. The van der Waals surface area contributed by atoms with Crippen molar-refractivity contribution in [3.63, 3.8) is 0 Å². The molecule has 1 aliphatic heterocycles. The molecule has 6 heteroatoms. The van der Waals surface area contributed by atoms with E-state index in [2.05, 4.69) is 5.32 Å². The lowest BCUT2D eigenvalue weighted by Crippen LogP contribution is -2.49. The fraction of sp³-hybridized carbons (Fsp3) is 0.200. The smallest absolute Gasteiger partial charge is 0.292 e. The van der Waals surface area contributed by atoms with Crippen LogP contribution >= 0.6 is 23.2 Å². The van der Waals surface area contributed by atoms with Crippen molar-refractivity contribution in [2.24, 2.45) is 0 Å². The second kappa shape index (κ2) is 4.31. The van der Waals surface area contributed by atoms with Crippen LogP contribution in [-0.2, 0) is 4.79 Å². The van der Waals surface area contributed by atoms with Crippen molar-refractivity contribution in [2.75, 3.05) is 11.4 Å². The molecule has 0 aliphatic carbocycles. The van der Waals surface area contributed by atoms with Gasteiger partial charge in [-0.15, -0.1) is 0 Å². The maximum Gasteiger partial charge on any atom is 0.328 e. The summed E-state index contributed by atoms with van der Waals surface area (Å²) >= 11 is 11.8. The lowest BCUT2D eigenvalue weighted by atomic mass is 10.2. The Kier molecular flexibility index (Phi) is 3.03. The molecule has 1 aliphatic rings. The molecule has 4 nitrogen and oxygen atoms in total. The number of anilines is 1. The summed E-state index contributed by atoms with van der Waals surface area (Å²) in [6.45, 7) is 0.310. The van der Waals surface area contributed by atoms with Gasteiger partial charge >= 0.3 is 6.03 Å². The Bertz CT molecular complexity index is 462. The van der Waals surface area contributed by atoms with Gasteiger partial charge in [-0.05, 0) is 12.1 Å². The van der Waals surface area contributed by atoms with Crippen molar-refractivity contribution < 1.29 is 9.59 Å². The summed E-state index contributed by atoms with van der Waals surface area (Å²) in [7, 11) is 0. The van der Waals surface area contributed by atoms with Crippen LogP contribution in [0.25, 0.3) is 0 Å². The van der Waals surface area contributed by atoms with Crippen LogP contribution in [0, 0.1) is 0 Å². The van der Waals surface area contributed by atoms with Crippen molar-refractivity contribution in [3.8, 4) is 0 Å². The Morgan fingerprint density at radius 1 is 1.25 bits per heavy atom. The molecule has 16 heavy (non-hydrogen) atoms. The highest BCUT2D eigenvalue weighted by Crippen LogP contribution is 2.33. The quantitative estimate of drug-likeness (QED) is 0.842. The van der Waals surface area contributed by atoms with E-state index in [1.807, 2.05) is 0 Å². The number of benzene rings is 1. The molecule has 84 valence electrons. The first-order valence-corrected chi connectivity index (χ1v) is 5.40. The number of rotatable bonds is 1. The van der Waals surface area contributed by atoms with Crippen LogP contribution in [0.4, 0.5) is 10.5 Å². The molecule has 0 unspecified atom stereocenters. The van der Waals surface area contributed by atoms with Crippen LogP contribution in [0.15, 0.2) is 18.2 Å². The predicted octanol–water partition coefficient (Wildman–Crippen LogP) is 2.44. The summed E-state index contributed by atoms with van der Waals surface area (Å²) < 4.78 is 0. The van der Waals surface area contributed by atoms with Gasteiger partial charge in [0.15, 0.2) is 0 Å². The Morgan fingerprint density at radius 3 is 2.69 bits per heavy atom. The molecule has 0 aromatic heterocycles. The van der Waals surface area contributed by atoms with Gasteiger partial charge in [-0.2, -0.15) is 0 Å². The van der Waals surface area contributed by atoms with E-state index in [1.165, 1.54) is 4.90 Å². The predicted molar refractivity (Wildman–Crippen MR) is 62.0 cm³/mol. The van der Waals surface area contributed by atoms with Gasteiger partial charge in [0.2, 0.25) is 5.91 Å². The number of hydrogen-bond donors (Lipinski definition) is 1. The zero-order valence-corrected chi connectivity index (χ0v) is 9.68. The minimum Gasteiger partial charge on any atom is -0.292 e. The molecule has 0 spiro atoms. The lowest BCUT2D eigenvalue weighted by Gasteiger charge is -2.27. The molecule has 0 atom stereocenters. The van der Waals surface area contributed by atoms with E-state index in [-0.39, 0.29) is 12.3 Å². The van der Waals surface area contributed by atoms with Crippen LogP contribution in [0.2, 0.25) is 10.0 Å². The SMILES string of the molecule is O=C1CCN(c2cccc(Cl)c2Cl)C(=O)N1. The summed E-state index contributed by atoms with van der Waals surface area (Å²) in [5, 5.41) is 2.91. The number of nitrogens with one attached hydrogen (secondary N) is 1. The zero-order chi connectivity index (χ0) is 11.7. The fourth-order valence-corrected chi connectivity index (χ4v) is 1.89. The van der Waals surface area contributed by atoms with E-state index in [1.54, 1.807) is 18.2 Å².